The van der Waals surface area contributed by atoms with Gasteiger partial charge in [-0.1, -0.05) is 44.2 Å². The number of aromatic nitrogens is 2. The lowest BCUT2D eigenvalue weighted by Crippen LogP contribution is -2.37. The molecule has 0 saturated carbocycles. The molecule has 0 spiro atoms. The van der Waals surface area contributed by atoms with Gasteiger partial charge in [-0.05, 0) is 31.5 Å². The molecule has 1 aliphatic rings. The van der Waals surface area contributed by atoms with Crippen molar-refractivity contribution >= 4 is 39.8 Å². The van der Waals surface area contributed by atoms with Crippen LogP contribution in [-0.2, 0) is 22.5 Å². The van der Waals surface area contributed by atoms with Gasteiger partial charge in [0, 0.05) is 30.0 Å². The first kappa shape index (κ1) is 25.3. The summed E-state index contributed by atoms with van der Waals surface area (Å²) in [6.07, 6.45) is 5.09. The molecule has 186 valence electrons. The Morgan fingerprint density at radius 1 is 1.23 bits per heavy atom. The van der Waals surface area contributed by atoms with Crippen LogP contribution in [-0.4, -0.2) is 38.8 Å². The first-order valence-corrected chi connectivity index (χ1v) is 13.3. The second-order valence-electron chi connectivity index (χ2n) is 9.60. The van der Waals surface area contributed by atoms with Crippen molar-refractivity contribution in [2.75, 3.05) is 18.4 Å². The number of thiazole rings is 1. The molecule has 9 nitrogen and oxygen atoms in total. The number of rotatable bonds is 8. The molecule has 1 saturated heterocycles. The molecular formula is C24H29N5O4S2. The molecule has 1 N–H and O–H groups in total. The number of benzene rings is 1. The molecule has 11 heteroatoms. The Hall–Kier alpha value is -2.76. The van der Waals surface area contributed by atoms with Crippen LogP contribution in [0.2, 0.25) is 0 Å². The number of hydrogen-bond acceptors (Lipinski definition) is 9. The highest BCUT2D eigenvalue weighted by atomic mass is 32.2. The summed E-state index contributed by atoms with van der Waals surface area (Å²) in [7, 11) is 0. The fourth-order valence-electron chi connectivity index (χ4n) is 3.78. The Morgan fingerprint density at radius 3 is 2.57 bits per heavy atom. The highest BCUT2D eigenvalue weighted by Gasteiger charge is 2.26. The largest absolute Gasteiger partial charge is 0.444 e. The average Bonchev–Trinajstić information content (AvgIpc) is 3.48. The Morgan fingerprint density at radius 2 is 1.94 bits per heavy atom. The van der Waals surface area contributed by atoms with Crippen LogP contribution in [0, 0.1) is 16.0 Å². The van der Waals surface area contributed by atoms with Crippen molar-refractivity contribution in [3.63, 3.8) is 0 Å². The minimum absolute atomic E-state index is 0.00778. The summed E-state index contributed by atoms with van der Waals surface area (Å²) < 4.78 is 6.83. The number of anilines is 1. The minimum atomic E-state index is -0.392. The maximum Gasteiger partial charge on any atom is 0.269 e. The highest BCUT2D eigenvalue weighted by molar-refractivity contribution is 8.00. The molecule has 1 aromatic carbocycles. The summed E-state index contributed by atoms with van der Waals surface area (Å²) in [5.74, 6) is 2.11. The van der Waals surface area contributed by atoms with E-state index in [0.717, 1.165) is 48.0 Å². The summed E-state index contributed by atoms with van der Waals surface area (Å²) in [6.45, 7) is 8.60. The number of carbonyl (C=O) groups excluding carboxylic acids is 1. The Kier molecular flexibility index (Phi) is 7.88. The van der Waals surface area contributed by atoms with Crippen LogP contribution in [0.4, 0.5) is 10.8 Å². The second-order valence-corrected chi connectivity index (χ2v) is 11.9. The quantitative estimate of drug-likeness (QED) is 0.238. The van der Waals surface area contributed by atoms with E-state index in [4.69, 9.17) is 4.42 Å². The van der Waals surface area contributed by atoms with Crippen molar-refractivity contribution in [3.8, 4) is 0 Å². The topological polar surface area (TPSA) is 114 Å². The molecular weight excluding hydrogens is 486 g/mol. The number of amides is 1. The number of oxazole rings is 1. The zero-order valence-electron chi connectivity index (χ0n) is 20.0. The summed E-state index contributed by atoms with van der Waals surface area (Å²) in [5, 5.41) is 14.4. The molecule has 0 radical (unpaired) electrons. The van der Waals surface area contributed by atoms with Gasteiger partial charge in [-0.15, -0.1) is 11.8 Å². The number of likely N-dealkylation sites (tertiary alicyclic amines) is 1. The predicted octanol–water partition coefficient (Wildman–Crippen LogP) is 5.48. The van der Waals surface area contributed by atoms with Crippen LogP contribution in [0.3, 0.4) is 0 Å². The lowest BCUT2D eigenvalue weighted by Gasteiger charge is -2.31. The molecule has 0 bridgehead atoms. The fraction of sp³-hybridized carbons (Fsp3) is 0.458. The monoisotopic (exact) mass is 515 g/mol. The van der Waals surface area contributed by atoms with Gasteiger partial charge in [0.05, 0.1) is 27.3 Å². The number of piperidine rings is 1. The molecule has 0 unspecified atom stereocenters. The van der Waals surface area contributed by atoms with Gasteiger partial charge in [-0.3, -0.25) is 19.8 Å². The molecule has 3 aromatic rings. The number of carbonyl (C=O) groups is 1. The summed E-state index contributed by atoms with van der Waals surface area (Å²) in [4.78, 5) is 34.2. The smallest absolute Gasteiger partial charge is 0.269 e. The molecule has 2 aromatic heterocycles. The standard InChI is InChI=1S/C24H29N5O4S2/c1-24(2,3)19-12-25-20(33-19)15-34-21-13-26-23(35-21)27-22(30)17-8-10-28(11-9-17)14-16-4-6-18(7-5-16)29(31)32/h4-7,12-13,17H,8-11,14-15H2,1-3H3,(H,26,27,30). The molecule has 4 rings (SSSR count). The summed E-state index contributed by atoms with van der Waals surface area (Å²) in [6, 6.07) is 6.65. The normalized spacial score (nSPS) is 15.3. The van der Waals surface area contributed by atoms with E-state index in [2.05, 4.69) is 41.0 Å². The molecule has 1 fully saturated rings. The number of nitro groups is 1. The number of nitro benzene ring substituents is 1. The molecule has 3 heterocycles. The van der Waals surface area contributed by atoms with Crippen LogP contribution in [0.25, 0.3) is 0 Å². The zero-order chi connectivity index (χ0) is 25.0. The molecule has 35 heavy (non-hydrogen) atoms. The van der Waals surface area contributed by atoms with E-state index in [0.29, 0.717) is 16.8 Å². The average molecular weight is 516 g/mol. The number of thioether (sulfide) groups is 1. The lowest BCUT2D eigenvalue weighted by molar-refractivity contribution is -0.384. The van der Waals surface area contributed by atoms with E-state index >= 15 is 0 Å². The third-order valence-electron chi connectivity index (χ3n) is 5.86. The van der Waals surface area contributed by atoms with Crippen molar-refractivity contribution in [1.29, 1.82) is 0 Å². The van der Waals surface area contributed by atoms with Crippen LogP contribution in [0.5, 0.6) is 0 Å². The number of nitrogens with zero attached hydrogens (tertiary/aromatic N) is 4. The van der Waals surface area contributed by atoms with Gasteiger partial charge in [0.15, 0.2) is 5.13 Å². The molecule has 0 aliphatic carbocycles. The predicted molar refractivity (Wildman–Crippen MR) is 137 cm³/mol. The van der Waals surface area contributed by atoms with E-state index < -0.39 is 4.92 Å². The highest BCUT2D eigenvalue weighted by Crippen LogP contribution is 2.32. The van der Waals surface area contributed by atoms with Crippen molar-refractivity contribution < 1.29 is 14.1 Å². The number of non-ortho nitro benzene ring substituents is 1. The SMILES string of the molecule is CC(C)(C)c1cnc(CSc2cnc(NC(=O)C3CCN(Cc4ccc([N+](=O)[O-])cc4)CC3)s2)o1. The van der Waals surface area contributed by atoms with E-state index in [1.807, 2.05) is 0 Å². The Balaban J connectivity index is 1.21. The van der Waals surface area contributed by atoms with Gasteiger partial charge in [0.25, 0.3) is 5.69 Å². The van der Waals surface area contributed by atoms with Crippen molar-refractivity contribution in [3.05, 3.63) is 64.0 Å². The van der Waals surface area contributed by atoms with Crippen molar-refractivity contribution in [1.82, 2.24) is 14.9 Å². The van der Waals surface area contributed by atoms with Gasteiger partial charge in [-0.2, -0.15) is 0 Å². The van der Waals surface area contributed by atoms with E-state index in [1.54, 1.807) is 36.3 Å². The first-order chi connectivity index (χ1) is 16.7. The third kappa shape index (κ3) is 6.89. The fourth-order valence-corrected chi connectivity index (χ4v) is 5.51. The van der Waals surface area contributed by atoms with Gasteiger partial charge in [0.1, 0.15) is 5.76 Å². The third-order valence-corrected chi connectivity index (χ3v) is 7.95. The minimum Gasteiger partial charge on any atom is -0.444 e. The van der Waals surface area contributed by atoms with Crippen LogP contribution in [0.1, 0.15) is 50.8 Å². The number of hydrogen-bond donors (Lipinski definition) is 1. The van der Waals surface area contributed by atoms with Gasteiger partial charge < -0.3 is 9.73 Å². The van der Waals surface area contributed by atoms with Gasteiger partial charge in [0.2, 0.25) is 11.8 Å². The summed E-state index contributed by atoms with van der Waals surface area (Å²) in [5.41, 5.74) is 1.06. The van der Waals surface area contributed by atoms with Crippen LogP contribution in [0.15, 0.2) is 45.3 Å². The van der Waals surface area contributed by atoms with Crippen molar-refractivity contribution in [2.45, 2.75) is 55.5 Å². The van der Waals surface area contributed by atoms with E-state index in [-0.39, 0.29) is 22.9 Å². The molecule has 1 aliphatic heterocycles. The second kappa shape index (κ2) is 10.9. The van der Waals surface area contributed by atoms with Crippen LogP contribution < -0.4 is 5.32 Å². The summed E-state index contributed by atoms with van der Waals surface area (Å²) >= 11 is 3.04. The molecule has 0 atom stereocenters. The number of nitrogens with one attached hydrogen (secondary N) is 1. The maximum atomic E-state index is 12.8. The van der Waals surface area contributed by atoms with Crippen LogP contribution >= 0.6 is 23.1 Å². The van der Waals surface area contributed by atoms with Gasteiger partial charge in [-0.25, -0.2) is 9.97 Å². The van der Waals surface area contributed by atoms with Crippen molar-refractivity contribution in [2.24, 2.45) is 5.92 Å². The molecule has 1 amide bonds. The Bertz CT molecular complexity index is 1160. The Labute approximate surface area is 212 Å². The zero-order valence-corrected chi connectivity index (χ0v) is 21.7. The lowest BCUT2D eigenvalue weighted by atomic mass is 9.94. The van der Waals surface area contributed by atoms with Gasteiger partial charge >= 0.3 is 0 Å². The first-order valence-electron chi connectivity index (χ1n) is 11.5. The van der Waals surface area contributed by atoms with E-state index in [9.17, 15) is 14.9 Å². The van der Waals surface area contributed by atoms with E-state index in [1.165, 1.54) is 23.5 Å². The maximum absolute atomic E-state index is 12.8.